The van der Waals surface area contributed by atoms with Crippen LogP contribution in [-0.4, -0.2) is 8.42 Å². The molecule has 0 radical (unpaired) electrons. The Bertz CT molecular complexity index is 610. The summed E-state index contributed by atoms with van der Waals surface area (Å²) in [5.74, 6) is 0.250. The minimum atomic E-state index is -3.89. The number of nitrogens with two attached hydrogens (primary N) is 1. The predicted octanol–water partition coefficient (Wildman–Crippen LogP) is 2.00. The zero-order chi connectivity index (χ0) is 13.0. The van der Waals surface area contributed by atoms with E-state index in [1.54, 1.807) is 54.6 Å². The van der Waals surface area contributed by atoms with Crippen LogP contribution < -0.4 is 14.6 Å². The first kappa shape index (κ1) is 12.3. The van der Waals surface area contributed by atoms with E-state index in [-0.39, 0.29) is 5.75 Å². The van der Waals surface area contributed by atoms with Gasteiger partial charge in [-0.15, -0.1) is 0 Å². The van der Waals surface area contributed by atoms with Gasteiger partial charge in [0.05, 0.1) is 5.69 Å². The van der Waals surface area contributed by atoms with Gasteiger partial charge in [0.15, 0.2) is 0 Å². The Hall–Kier alpha value is -2.21. The number of hydrogen-bond acceptors (Lipinski definition) is 4. The summed E-state index contributed by atoms with van der Waals surface area (Å²) in [6.07, 6.45) is 0. The van der Waals surface area contributed by atoms with Gasteiger partial charge in [-0.05, 0) is 36.4 Å². The Labute approximate surface area is 105 Å². The Morgan fingerprint density at radius 1 is 0.944 bits per heavy atom. The van der Waals surface area contributed by atoms with E-state index >= 15 is 0 Å². The Kier molecular flexibility index (Phi) is 3.38. The van der Waals surface area contributed by atoms with Crippen LogP contribution >= 0.6 is 0 Å². The molecule has 0 atom stereocenters. The number of rotatable bonds is 4. The molecule has 2 aromatic rings. The molecule has 6 heteroatoms. The van der Waals surface area contributed by atoms with Crippen LogP contribution in [0.4, 0.5) is 11.4 Å². The number of nitrogen functional groups attached to an aromatic ring is 1. The highest BCUT2D eigenvalue weighted by Gasteiger charge is 2.12. The summed E-state index contributed by atoms with van der Waals surface area (Å²) in [4.78, 5) is 0. The molecule has 0 spiro atoms. The molecule has 0 aliphatic carbocycles. The molecule has 2 rings (SSSR count). The van der Waals surface area contributed by atoms with Crippen molar-refractivity contribution in [1.29, 1.82) is 0 Å². The quantitative estimate of drug-likeness (QED) is 0.828. The van der Waals surface area contributed by atoms with Crippen molar-refractivity contribution in [3.63, 3.8) is 0 Å². The van der Waals surface area contributed by atoms with Crippen LogP contribution in [0.15, 0.2) is 54.6 Å². The first-order valence-electron chi connectivity index (χ1n) is 5.18. The van der Waals surface area contributed by atoms with Gasteiger partial charge in [-0.1, -0.05) is 18.2 Å². The van der Waals surface area contributed by atoms with E-state index < -0.39 is 10.3 Å². The van der Waals surface area contributed by atoms with E-state index in [4.69, 9.17) is 9.92 Å². The van der Waals surface area contributed by atoms with Crippen molar-refractivity contribution in [2.24, 2.45) is 0 Å². The van der Waals surface area contributed by atoms with Crippen LogP contribution in [0.1, 0.15) is 0 Å². The van der Waals surface area contributed by atoms with Crippen molar-refractivity contribution in [2.75, 3.05) is 10.5 Å². The predicted molar refractivity (Wildman–Crippen MR) is 70.5 cm³/mol. The summed E-state index contributed by atoms with van der Waals surface area (Å²) >= 11 is 0. The fourth-order valence-corrected chi connectivity index (χ4v) is 2.15. The van der Waals surface area contributed by atoms with Crippen molar-refractivity contribution >= 4 is 21.7 Å². The third-order valence-electron chi connectivity index (χ3n) is 2.10. The van der Waals surface area contributed by atoms with E-state index in [2.05, 4.69) is 4.72 Å². The molecule has 5 nitrogen and oxygen atoms in total. The largest absolute Gasteiger partial charge is 0.407 e. The van der Waals surface area contributed by atoms with E-state index in [0.717, 1.165) is 0 Å². The highest BCUT2D eigenvalue weighted by molar-refractivity contribution is 7.88. The third-order valence-corrected chi connectivity index (χ3v) is 3.00. The minimum Gasteiger partial charge on any atom is -0.399 e. The van der Waals surface area contributed by atoms with Crippen LogP contribution in [0.2, 0.25) is 0 Å². The molecule has 18 heavy (non-hydrogen) atoms. The van der Waals surface area contributed by atoms with Crippen molar-refractivity contribution in [2.45, 2.75) is 0 Å². The first-order valence-corrected chi connectivity index (χ1v) is 6.59. The van der Waals surface area contributed by atoms with Crippen molar-refractivity contribution in [3.05, 3.63) is 54.6 Å². The molecule has 0 aliphatic heterocycles. The number of benzene rings is 2. The van der Waals surface area contributed by atoms with Crippen molar-refractivity contribution < 1.29 is 12.6 Å². The second kappa shape index (κ2) is 4.97. The highest BCUT2D eigenvalue weighted by Crippen LogP contribution is 2.15. The molecule has 0 aliphatic rings. The monoisotopic (exact) mass is 264 g/mol. The highest BCUT2D eigenvalue weighted by atomic mass is 32.2. The van der Waals surface area contributed by atoms with Crippen LogP contribution in [-0.2, 0) is 10.3 Å². The average Bonchev–Trinajstić information content (AvgIpc) is 2.32. The van der Waals surface area contributed by atoms with Gasteiger partial charge in [0.1, 0.15) is 5.75 Å². The van der Waals surface area contributed by atoms with E-state index in [1.807, 2.05) is 0 Å². The Morgan fingerprint density at radius 2 is 1.56 bits per heavy atom. The molecule has 0 unspecified atom stereocenters. The van der Waals surface area contributed by atoms with Gasteiger partial charge >= 0.3 is 10.3 Å². The van der Waals surface area contributed by atoms with Crippen LogP contribution in [0, 0.1) is 0 Å². The molecule has 0 amide bonds. The van der Waals surface area contributed by atoms with Gasteiger partial charge in [-0.2, -0.15) is 8.42 Å². The van der Waals surface area contributed by atoms with E-state index in [1.165, 1.54) is 0 Å². The normalized spacial score (nSPS) is 10.9. The summed E-state index contributed by atoms with van der Waals surface area (Å²) in [5, 5.41) is 0. The van der Waals surface area contributed by atoms with Crippen molar-refractivity contribution in [3.8, 4) is 5.75 Å². The van der Waals surface area contributed by atoms with E-state index in [9.17, 15) is 8.42 Å². The average molecular weight is 264 g/mol. The molecular formula is C12H12N2O3S. The maximum absolute atomic E-state index is 11.7. The SMILES string of the molecule is Nc1ccc(NS(=O)(=O)Oc2ccccc2)cc1. The van der Waals surface area contributed by atoms with Gasteiger partial charge < -0.3 is 9.92 Å². The smallest absolute Gasteiger partial charge is 0.399 e. The minimum absolute atomic E-state index is 0.250. The molecule has 2 aromatic carbocycles. The zero-order valence-electron chi connectivity index (χ0n) is 9.41. The molecule has 94 valence electrons. The fraction of sp³-hybridized carbons (Fsp3) is 0. The van der Waals surface area contributed by atoms with Gasteiger partial charge in [-0.3, -0.25) is 4.72 Å². The lowest BCUT2D eigenvalue weighted by molar-refractivity contribution is 0.492. The van der Waals surface area contributed by atoms with Gasteiger partial charge in [0, 0.05) is 5.69 Å². The lowest BCUT2D eigenvalue weighted by Gasteiger charge is -2.09. The van der Waals surface area contributed by atoms with Gasteiger partial charge in [-0.25, -0.2) is 0 Å². The van der Waals surface area contributed by atoms with E-state index in [0.29, 0.717) is 11.4 Å². The molecule has 0 heterocycles. The second-order valence-electron chi connectivity index (χ2n) is 3.57. The van der Waals surface area contributed by atoms with Crippen LogP contribution in [0.3, 0.4) is 0 Å². The molecule has 0 fully saturated rings. The number of hydrogen-bond donors (Lipinski definition) is 2. The van der Waals surface area contributed by atoms with Gasteiger partial charge in [0.25, 0.3) is 0 Å². The lowest BCUT2D eigenvalue weighted by atomic mass is 10.3. The summed E-state index contributed by atoms with van der Waals surface area (Å²) in [6, 6.07) is 14.6. The number of nitrogens with one attached hydrogen (secondary N) is 1. The number of para-hydroxylation sites is 1. The maximum Gasteiger partial charge on any atom is 0.407 e. The topological polar surface area (TPSA) is 81.4 Å². The first-order chi connectivity index (χ1) is 8.55. The summed E-state index contributed by atoms with van der Waals surface area (Å²) in [6.45, 7) is 0. The summed E-state index contributed by atoms with van der Waals surface area (Å²) < 4.78 is 30.5. The van der Waals surface area contributed by atoms with Gasteiger partial charge in [0.2, 0.25) is 0 Å². The lowest BCUT2D eigenvalue weighted by Crippen LogP contribution is -2.19. The molecule has 0 saturated carbocycles. The van der Waals surface area contributed by atoms with Crippen LogP contribution in [0.25, 0.3) is 0 Å². The summed E-state index contributed by atoms with van der Waals surface area (Å²) in [5.41, 5.74) is 6.45. The van der Waals surface area contributed by atoms with Crippen molar-refractivity contribution in [1.82, 2.24) is 0 Å². The molecular weight excluding hydrogens is 252 g/mol. The molecule has 0 bridgehead atoms. The summed E-state index contributed by atoms with van der Waals surface area (Å²) in [7, 11) is -3.89. The maximum atomic E-state index is 11.7. The molecule has 0 aromatic heterocycles. The fourth-order valence-electron chi connectivity index (χ4n) is 1.32. The Morgan fingerprint density at radius 3 is 2.17 bits per heavy atom. The standard InChI is InChI=1S/C12H12N2O3S/c13-10-6-8-11(9-7-10)14-18(15,16)17-12-4-2-1-3-5-12/h1-9,14H,13H2. The van der Waals surface area contributed by atoms with Crippen LogP contribution in [0.5, 0.6) is 5.75 Å². The third kappa shape index (κ3) is 3.39. The molecule has 0 saturated heterocycles. The second-order valence-corrected chi connectivity index (χ2v) is 4.85. The molecule has 3 N–H and O–H groups in total. The Balaban J connectivity index is 2.10. The zero-order valence-corrected chi connectivity index (χ0v) is 10.2. The number of anilines is 2.